The van der Waals surface area contributed by atoms with Crippen molar-refractivity contribution in [2.75, 3.05) is 20.3 Å². The Morgan fingerprint density at radius 2 is 2.17 bits per heavy atom. The molecule has 0 saturated carbocycles. The van der Waals surface area contributed by atoms with Gasteiger partial charge in [0, 0.05) is 18.7 Å². The van der Waals surface area contributed by atoms with Crippen LogP contribution in [0.1, 0.15) is 30.6 Å². The van der Waals surface area contributed by atoms with Gasteiger partial charge in [-0.3, -0.25) is 4.79 Å². The third-order valence-corrected chi connectivity index (χ3v) is 3.58. The summed E-state index contributed by atoms with van der Waals surface area (Å²) in [5.74, 6) is -0.477. The van der Waals surface area contributed by atoms with Crippen LogP contribution in [0, 0.1) is 5.92 Å². The lowest BCUT2D eigenvalue weighted by Crippen LogP contribution is -2.45. The minimum atomic E-state index is -0.695. The first-order chi connectivity index (χ1) is 11.0. The Morgan fingerprint density at radius 1 is 1.39 bits per heavy atom. The van der Waals surface area contributed by atoms with Crippen molar-refractivity contribution < 1.29 is 23.8 Å². The number of pyridine rings is 1. The van der Waals surface area contributed by atoms with E-state index in [0.29, 0.717) is 24.7 Å². The number of esters is 1. The first-order valence-electron chi connectivity index (χ1n) is 7.60. The zero-order chi connectivity index (χ0) is 16.8. The summed E-state index contributed by atoms with van der Waals surface area (Å²) < 4.78 is 15.6. The molecule has 0 spiro atoms. The van der Waals surface area contributed by atoms with Crippen LogP contribution in [-0.2, 0) is 14.3 Å². The van der Waals surface area contributed by atoms with Crippen LogP contribution < -0.4 is 10.1 Å². The van der Waals surface area contributed by atoms with Crippen molar-refractivity contribution in [2.24, 2.45) is 5.92 Å². The molecule has 1 fully saturated rings. The average Bonchev–Trinajstić information content (AvgIpc) is 3.05. The molecule has 1 saturated heterocycles. The molecule has 0 aliphatic carbocycles. The van der Waals surface area contributed by atoms with Gasteiger partial charge in [0.15, 0.2) is 0 Å². The zero-order valence-electron chi connectivity index (χ0n) is 13.6. The highest BCUT2D eigenvalue weighted by molar-refractivity contribution is 5.96. The molecule has 0 bridgehead atoms. The van der Waals surface area contributed by atoms with E-state index in [2.05, 4.69) is 10.3 Å². The van der Waals surface area contributed by atoms with E-state index in [9.17, 15) is 9.59 Å². The Bertz CT molecular complexity index is 538. The van der Waals surface area contributed by atoms with Gasteiger partial charge in [-0.2, -0.15) is 0 Å². The number of nitrogens with one attached hydrogen (secondary N) is 1. The number of rotatable bonds is 6. The van der Waals surface area contributed by atoms with Gasteiger partial charge in [0.25, 0.3) is 5.91 Å². The van der Waals surface area contributed by atoms with E-state index in [1.807, 2.05) is 13.8 Å². The van der Waals surface area contributed by atoms with Crippen LogP contribution in [-0.4, -0.2) is 49.3 Å². The van der Waals surface area contributed by atoms with Crippen molar-refractivity contribution >= 4 is 11.9 Å². The van der Waals surface area contributed by atoms with Crippen molar-refractivity contribution in [2.45, 2.75) is 32.4 Å². The number of nitrogens with zero attached hydrogens (tertiary/aromatic N) is 1. The fraction of sp³-hybridized carbons (Fsp3) is 0.562. The van der Waals surface area contributed by atoms with Gasteiger partial charge < -0.3 is 19.5 Å². The molecule has 1 N–H and O–H groups in total. The third kappa shape index (κ3) is 4.66. The maximum atomic E-state index is 12.2. The molecule has 1 aromatic rings. The quantitative estimate of drug-likeness (QED) is 0.791. The largest absolute Gasteiger partial charge is 0.472 e. The SMILES string of the molecule is COC(=O)C(NC(=O)c1ccc(OC2CCOC2)nc1)C(C)C. The average molecular weight is 322 g/mol. The zero-order valence-corrected chi connectivity index (χ0v) is 13.6. The van der Waals surface area contributed by atoms with Crippen molar-refractivity contribution in [3.63, 3.8) is 0 Å². The molecule has 1 aliphatic heterocycles. The standard InChI is InChI=1S/C16H22N2O5/c1-10(2)14(16(20)21-3)18-15(19)11-4-5-13(17-8-11)23-12-6-7-22-9-12/h4-5,8,10,12,14H,6-7,9H2,1-3H3,(H,18,19). The van der Waals surface area contributed by atoms with Crippen LogP contribution in [0.25, 0.3) is 0 Å². The van der Waals surface area contributed by atoms with E-state index >= 15 is 0 Å². The fourth-order valence-electron chi connectivity index (χ4n) is 2.21. The number of methoxy groups -OCH3 is 1. The summed E-state index contributed by atoms with van der Waals surface area (Å²) >= 11 is 0. The van der Waals surface area contributed by atoms with Gasteiger partial charge >= 0.3 is 5.97 Å². The smallest absolute Gasteiger partial charge is 0.328 e. The van der Waals surface area contributed by atoms with Crippen molar-refractivity contribution in [3.05, 3.63) is 23.9 Å². The molecular weight excluding hydrogens is 300 g/mol. The van der Waals surface area contributed by atoms with E-state index in [0.717, 1.165) is 6.42 Å². The van der Waals surface area contributed by atoms with Crippen molar-refractivity contribution in [1.82, 2.24) is 10.3 Å². The van der Waals surface area contributed by atoms with Crippen LogP contribution in [0.3, 0.4) is 0 Å². The molecule has 126 valence electrons. The molecule has 0 aromatic carbocycles. The van der Waals surface area contributed by atoms with E-state index in [4.69, 9.17) is 14.2 Å². The van der Waals surface area contributed by atoms with Gasteiger partial charge in [-0.25, -0.2) is 9.78 Å². The molecule has 7 nitrogen and oxygen atoms in total. The summed E-state index contributed by atoms with van der Waals surface area (Å²) in [4.78, 5) is 28.0. The number of amides is 1. The molecule has 0 radical (unpaired) electrons. The predicted molar refractivity (Wildman–Crippen MR) is 82.2 cm³/mol. The highest BCUT2D eigenvalue weighted by Crippen LogP contribution is 2.15. The number of aromatic nitrogens is 1. The summed E-state index contributed by atoms with van der Waals surface area (Å²) in [6, 6.07) is 2.55. The Hall–Kier alpha value is -2.15. The topological polar surface area (TPSA) is 86.8 Å². The lowest BCUT2D eigenvalue weighted by molar-refractivity contribution is -0.144. The first-order valence-corrected chi connectivity index (χ1v) is 7.60. The first kappa shape index (κ1) is 17.2. The van der Waals surface area contributed by atoms with Gasteiger partial charge in [-0.1, -0.05) is 13.8 Å². The second-order valence-electron chi connectivity index (χ2n) is 5.71. The highest BCUT2D eigenvalue weighted by atomic mass is 16.5. The minimum Gasteiger partial charge on any atom is -0.472 e. The highest BCUT2D eigenvalue weighted by Gasteiger charge is 2.25. The van der Waals surface area contributed by atoms with Gasteiger partial charge in [-0.05, 0) is 12.0 Å². The Labute approximate surface area is 135 Å². The number of ether oxygens (including phenoxy) is 3. The third-order valence-electron chi connectivity index (χ3n) is 3.58. The van der Waals surface area contributed by atoms with Crippen molar-refractivity contribution in [1.29, 1.82) is 0 Å². The molecule has 1 amide bonds. The predicted octanol–water partition coefficient (Wildman–Crippen LogP) is 1.18. The molecule has 2 heterocycles. The summed E-state index contributed by atoms with van der Waals surface area (Å²) in [6.07, 6.45) is 2.26. The molecule has 2 rings (SSSR count). The van der Waals surface area contributed by atoms with Gasteiger partial charge in [0.2, 0.25) is 5.88 Å². The fourth-order valence-corrected chi connectivity index (χ4v) is 2.21. The normalized spacial score (nSPS) is 18.5. The minimum absolute atomic E-state index is 0.00632. The lowest BCUT2D eigenvalue weighted by Gasteiger charge is -2.19. The maximum absolute atomic E-state index is 12.2. The Morgan fingerprint density at radius 3 is 2.70 bits per heavy atom. The van der Waals surface area contributed by atoms with E-state index in [1.54, 1.807) is 12.1 Å². The van der Waals surface area contributed by atoms with Crippen molar-refractivity contribution in [3.8, 4) is 5.88 Å². The molecule has 1 aliphatic rings. The summed E-state index contributed by atoms with van der Waals surface area (Å²) in [6.45, 7) is 4.91. The van der Waals surface area contributed by atoms with Crippen LogP contribution >= 0.6 is 0 Å². The Kier molecular flexibility index (Phi) is 5.92. The number of carbonyl (C=O) groups excluding carboxylic acids is 2. The van der Waals surface area contributed by atoms with E-state index in [1.165, 1.54) is 13.3 Å². The summed E-state index contributed by atoms with van der Waals surface area (Å²) in [5.41, 5.74) is 0.356. The summed E-state index contributed by atoms with van der Waals surface area (Å²) in [5, 5.41) is 2.66. The molecule has 7 heteroatoms. The van der Waals surface area contributed by atoms with Crippen LogP contribution in [0.4, 0.5) is 0 Å². The summed E-state index contributed by atoms with van der Waals surface area (Å²) in [7, 11) is 1.30. The van der Waals surface area contributed by atoms with Gasteiger partial charge in [0.05, 0.1) is 25.9 Å². The molecule has 2 unspecified atom stereocenters. The molecule has 2 atom stereocenters. The van der Waals surface area contributed by atoms with Crippen LogP contribution in [0.15, 0.2) is 18.3 Å². The maximum Gasteiger partial charge on any atom is 0.328 e. The Balaban J connectivity index is 1.97. The number of hydrogen-bond donors (Lipinski definition) is 1. The molecule has 1 aromatic heterocycles. The van der Waals surface area contributed by atoms with Gasteiger partial charge in [0.1, 0.15) is 12.1 Å². The molecule has 23 heavy (non-hydrogen) atoms. The second-order valence-corrected chi connectivity index (χ2v) is 5.71. The lowest BCUT2D eigenvalue weighted by atomic mass is 10.0. The molecular formula is C16H22N2O5. The van der Waals surface area contributed by atoms with E-state index < -0.39 is 12.0 Å². The number of hydrogen-bond acceptors (Lipinski definition) is 6. The monoisotopic (exact) mass is 322 g/mol. The van der Waals surface area contributed by atoms with Gasteiger partial charge in [-0.15, -0.1) is 0 Å². The second kappa shape index (κ2) is 7.92. The number of carbonyl (C=O) groups is 2. The van der Waals surface area contributed by atoms with Crippen LogP contribution in [0.2, 0.25) is 0 Å². The van der Waals surface area contributed by atoms with E-state index in [-0.39, 0.29) is 17.9 Å². The van der Waals surface area contributed by atoms with Crippen LogP contribution in [0.5, 0.6) is 5.88 Å².